The van der Waals surface area contributed by atoms with Gasteiger partial charge in [-0.15, -0.1) is 0 Å². The summed E-state index contributed by atoms with van der Waals surface area (Å²) in [7, 11) is 3.14. The summed E-state index contributed by atoms with van der Waals surface area (Å²) in [6.07, 6.45) is 1.14. The summed E-state index contributed by atoms with van der Waals surface area (Å²) in [6.45, 7) is 6.19. The molecule has 2 aromatic rings. The Kier molecular flexibility index (Phi) is 6.51. The quantitative estimate of drug-likeness (QED) is 0.607. The predicted molar refractivity (Wildman–Crippen MR) is 129 cm³/mol. The lowest BCUT2D eigenvalue weighted by Crippen LogP contribution is -2.38. The summed E-state index contributed by atoms with van der Waals surface area (Å²) in [4.78, 5) is 26.9. The van der Waals surface area contributed by atoms with Crippen LogP contribution >= 0.6 is 0 Å². The lowest BCUT2D eigenvalue weighted by Gasteiger charge is -2.39. The van der Waals surface area contributed by atoms with E-state index in [2.05, 4.69) is 19.2 Å². The highest BCUT2D eigenvalue weighted by Gasteiger charge is 2.43. The predicted octanol–water partition coefficient (Wildman–Crippen LogP) is 5.05. The molecule has 0 saturated carbocycles. The van der Waals surface area contributed by atoms with Gasteiger partial charge in [0.2, 0.25) is 0 Å². The summed E-state index contributed by atoms with van der Waals surface area (Å²) in [5, 5.41) is 3.37. The van der Waals surface area contributed by atoms with Crippen molar-refractivity contribution < 1.29 is 23.8 Å². The minimum atomic E-state index is -0.553. The highest BCUT2D eigenvalue weighted by Crippen LogP contribution is 2.47. The van der Waals surface area contributed by atoms with Gasteiger partial charge in [-0.3, -0.25) is 4.79 Å². The van der Waals surface area contributed by atoms with Crippen molar-refractivity contribution in [2.45, 2.75) is 46.1 Å². The van der Waals surface area contributed by atoms with E-state index in [1.54, 1.807) is 20.3 Å². The molecular weight excluding hydrogens is 430 g/mol. The third kappa shape index (κ3) is 4.58. The molecule has 1 aliphatic carbocycles. The summed E-state index contributed by atoms with van der Waals surface area (Å²) < 4.78 is 16.6. The SMILES string of the molecule is COc1ccc([C@H]2C(C(=O)OCc3ccccc3)=C(C)NC3=C2C(=O)CC(C)(C)C3)cc1OC. The Morgan fingerprint density at radius 2 is 1.74 bits per heavy atom. The van der Waals surface area contributed by atoms with Gasteiger partial charge in [-0.25, -0.2) is 4.79 Å². The topological polar surface area (TPSA) is 73.9 Å². The third-order valence-corrected chi connectivity index (χ3v) is 6.41. The van der Waals surface area contributed by atoms with Crippen molar-refractivity contribution in [2.24, 2.45) is 5.41 Å². The van der Waals surface area contributed by atoms with Crippen LogP contribution in [0.1, 0.15) is 50.7 Å². The molecule has 34 heavy (non-hydrogen) atoms. The second-order valence-corrected chi connectivity index (χ2v) is 9.61. The highest BCUT2D eigenvalue weighted by atomic mass is 16.5. The number of esters is 1. The van der Waals surface area contributed by atoms with Gasteiger partial charge in [0.15, 0.2) is 17.3 Å². The Morgan fingerprint density at radius 1 is 1.03 bits per heavy atom. The number of Topliss-reactive ketones (excluding diaryl/α,β-unsaturated/α-hetero) is 1. The fourth-order valence-electron chi connectivity index (χ4n) is 4.87. The first-order valence-electron chi connectivity index (χ1n) is 11.4. The smallest absolute Gasteiger partial charge is 0.337 e. The van der Waals surface area contributed by atoms with Crippen LogP contribution in [0.5, 0.6) is 11.5 Å². The van der Waals surface area contributed by atoms with Gasteiger partial charge in [0.1, 0.15) is 6.61 Å². The normalized spacial score (nSPS) is 19.3. The number of hydrogen-bond donors (Lipinski definition) is 1. The van der Waals surface area contributed by atoms with Crippen molar-refractivity contribution in [1.82, 2.24) is 5.32 Å². The Labute approximate surface area is 200 Å². The Balaban J connectivity index is 1.78. The molecule has 0 bridgehead atoms. The van der Waals surface area contributed by atoms with Gasteiger partial charge in [-0.1, -0.05) is 50.2 Å². The number of carbonyl (C=O) groups is 2. The molecule has 0 spiro atoms. The number of ketones is 1. The summed E-state index contributed by atoms with van der Waals surface area (Å²) in [6, 6.07) is 15.1. The number of benzene rings is 2. The molecule has 0 unspecified atom stereocenters. The van der Waals surface area contributed by atoms with E-state index in [0.29, 0.717) is 34.8 Å². The molecule has 178 valence electrons. The summed E-state index contributed by atoms with van der Waals surface area (Å²) in [5.74, 6) is 0.165. The van der Waals surface area contributed by atoms with E-state index in [1.165, 1.54) is 0 Å². The number of methoxy groups -OCH3 is 2. The number of allylic oxidation sites excluding steroid dienone is 3. The number of carbonyl (C=O) groups excluding carboxylic acids is 2. The van der Waals surface area contributed by atoms with Gasteiger partial charge < -0.3 is 19.5 Å². The van der Waals surface area contributed by atoms with Crippen LogP contribution in [0, 0.1) is 5.41 Å². The van der Waals surface area contributed by atoms with Crippen molar-refractivity contribution in [3.63, 3.8) is 0 Å². The Morgan fingerprint density at radius 3 is 2.41 bits per heavy atom. The number of nitrogens with one attached hydrogen (secondary N) is 1. The lowest BCUT2D eigenvalue weighted by atomic mass is 9.68. The first-order valence-corrected chi connectivity index (χ1v) is 11.4. The van der Waals surface area contributed by atoms with E-state index in [1.807, 2.05) is 49.4 Å². The standard InChI is InChI=1S/C28H31NO5/c1-17-24(27(31)34-16-18-9-7-6-8-10-18)25(19-11-12-22(32-4)23(13-19)33-5)26-20(29-17)14-28(2,3)15-21(26)30/h6-13,25,29H,14-16H2,1-5H3/t25-/m0/s1. The Bertz CT molecular complexity index is 1180. The minimum Gasteiger partial charge on any atom is -0.493 e. The van der Waals surface area contributed by atoms with Gasteiger partial charge in [0.25, 0.3) is 0 Å². The number of ether oxygens (including phenoxy) is 3. The molecule has 4 rings (SSSR count). The van der Waals surface area contributed by atoms with Crippen LogP contribution in [0.3, 0.4) is 0 Å². The van der Waals surface area contributed by atoms with Crippen molar-refractivity contribution in [2.75, 3.05) is 14.2 Å². The van der Waals surface area contributed by atoms with E-state index in [-0.39, 0.29) is 17.8 Å². The van der Waals surface area contributed by atoms with Crippen LogP contribution in [0.4, 0.5) is 0 Å². The number of dihydropyridines is 1. The van der Waals surface area contributed by atoms with Gasteiger partial charge in [0.05, 0.1) is 19.8 Å². The molecule has 1 N–H and O–H groups in total. The second-order valence-electron chi connectivity index (χ2n) is 9.61. The molecule has 1 aliphatic heterocycles. The van der Waals surface area contributed by atoms with Crippen LogP contribution in [-0.2, 0) is 20.9 Å². The molecule has 0 radical (unpaired) electrons. The van der Waals surface area contributed by atoms with Gasteiger partial charge in [0, 0.05) is 29.3 Å². The molecule has 6 heteroatoms. The van der Waals surface area contributed by atoms with E-state index in [4.69, 9.17) is 14.2 Å². The molecule has 0 amide bonds. The Hall–Kier alpha value is -3.54. The van der Waals surface area contributed by atoms with Crippen LogP contribution < -0.4 is 14.8 Å². The first kappa shape index (κ1) is 23.6. The maximum Gasteiger partial charge on any atom is 0.337 e. The van der Waals surface area contributed by atoms with Crippen molar-refractivity contribution in [3.05, 3.63) is 82.2 Å². The number of hydrogen-bond acceptors (Lipinski definition) is 6. The molecule has 1 atom stereocenters. The summed E-state index contributed by atoms with van der Waals surface area (Å²) in [5.41, 5.74) is 4.16. The largest absolute Gasteiger partial charge is 0.493 e. The van der Waals surface area contributed by atoms with Crippen LogP contribution in [0.25, 0.3) is 0 Å². The van der Waals surface area contributed by atoms with Gasteiger partial charge in [-0.05, 0) is 42.0 Å². The second kappa shape index (κ2) is 9.37. The third-order valence-electron chi connectivity index (χ3n) is 6.41. The fraction of sp³-hybridized carbons (Fsp3) is 0.357. The molecule has 2 aromatic carbocycles. The van der Waals surface area contributed by atoms with Crippen LogP contribution in [0.2, 0.25) is 0 Å². The highest BCUT2D eigenvalue weighted by molar-refractivity contribution is 6.04. The van der Waals surface area contributed by atoms with E-state index < -0.39 is 11.9 Å². The lowest BCUT2D eigenvalue weighted by molar-refractivity contribution is -0.140. The van der Waals surface area contributed by atoms with Crippen molar-refractivity contribution in [1.29, 1.82) is 0 Å². The monoisotopic (exact) mass is 461 g/mol. The van der Waals surface area contributed by atoms with Crippen molar-refractivity contribution in [3.8, 4) is 11.5 Å². The van der Waals surface area contributed by atoms with Gasteiger partial charge >= 0.3 is 5.97 Å². The zero-order chi connectivity index (χ0) is 24.5. The van der Waals surface area contributed by atoms with Crippen molar-refractivity contribution >= 4 is 11.8 Å². The zero-order valence-electron chi connectivity index (χ0n) is 20.4. The molecule has 0 saturated heterocycles. The molecule has 6 nitrogen and oxygen atoms in total. The minimum absolute atomic E-state index is 0.0411. The fourth-order valence-corrected chi connectivity index (χ4v) is 4.87. The summed E-state index contributed by atoms with van der Waals surface area (Å²) >= 11 is 0. The van der Waals surface area contributed by atoms with E-state index in [9.17, 15) is 9.59 Å². The average Bonchev–Trinajstić information content (AvgIpc) is 2.81. The molecule has 0 aromatic heterocycles. The van der Waals surface area contributed by atoms with Gasteiger partial charge in [-0.2, -0.15) is 0 Å². The van der Waals surface area contributed by atoms with E-state index in [0.717, 1.165) is 23.2 Å². The molecule has 2 aliphatic rings. The maximum absolute atomic E-state index is 13.4. The zero-order valence-corrected chi connectivity index (χ0v) is 20.4. The molecule has 1 heterocycles. The van der Waals surface area contributed by atoms with Crippen LogP contribution in [0.15, 0.2) is 71.1 Å². The maximum atomic E-state index is 13.4. The average molecular weight is 462 g/mol. The molecule has 0 fully saturated rings. The van der Waals surface area contributed by atoms with Crippen LogP contribution in [-0.4, -0.2) is 26.0 Å². The van der Waals surface area contributed by atoms with E-state index >= 15 is 0 Å². The molecular formula is C28H31NO5. The first-order chi connectivity index (χ1) is 16.2. The number of rotatable bonds is 6.